The van der Waals surface area contributed by atoms with Crippen LogP contribution in [0.15, 0.2) is 59.2 Å². The molecule has 0 spiro atoms. The van der Waals surface area contributed by atoms with Crippen LogP contribution in [0, 0.1) is 0 Å². The second-order valence-corrected chi connectivity index (χ2v) is 4.67. The average molecular weight is 295 g/mol. The number of hydrogen-bond donors (Lipinski definition) is 3. The Kier molecular flexibility index (Phi) is 3.49. The van der Waals surface area contributed by atoms with Gasteiger partial charge in [-0.3, -0.25) is 0 Å². The number of nitrogens with two attached hydrogens (primary N) is 1. The van der Waals surface area contributed by atoms with Gasteiger partial charge in [-0.25, -0.2) is 4.79 Å². The number of nitrogens with one attached hydrogen (secondary N) is 1. The van der Waals surface area contributed by atoms with E-state index < -0.39 is 5.97 Å². The molecule has 0 amide bonds. The number of carboxylic acids is 1. The number of nitrogen functional groups attached to an aromatic ring is 1. The lowest BCUT2D eigenvalue weighted by molar-refractivity contribution is 0.0697. The van der Waals surface area contributed by atoms with Crippen molar-refractivity contribution in [1.82, 2.24) is 4.98 Å². The van der Waals surface area contributed by atoms with Crippen molar-refractivity contribution < 1.29 is 14.3 Å². The number of benzene rings is 2. The molecule has 0 unspecified atom stereocenters. The van der Waals surface area contributed by atoms with E-state index in [0.717, 1.165) is 5.56 Å². The van der Waals surface area contributed by atoms with Crippen LogP contribution in [-0.2, 0) is 0 Å². The first-order chi connectivity index (χ1) is 10.6. The average Bonchev–Trinajstić information content (AvgIpc) is 2.97. The Bertz CT molecular complexity index is 792. The van der Waals surface area contributed by atoms with Gasteiger partial charge in [0.25, 0.3) is 6.01 Å². The van der Waals surface area contributed by atoms with Crippen LogP contribution < -0.4 is 11.1 Å². The Labute approximate surface area is 126 Å². The van der Waals surface area contributed by atoms with Gasteiger partial charge < -0.3 is 20.6 Å². The van der Waals surface area contributed by atoms with Crippen LogP contribution in [0.2, 0.25) is 0 Å². The summed E-state index contributed by atoms with van der Waals surface area (Å²) in [5, 5.41) is 11.8. The Balaban J connectivity index is 1.76. The maximum atomic E-state index is 10.8. The molecular weight excluding hydrogens is 282 g/mol. The van der Waals surface area contributed by atoms with Crippen LogP contribution in [0.1, 0.15) is 10.4 Å². The van der Waals surface area contributed by atoms with Gasteiger partial charge in [-0.1, -0.05) is 12.1 Å². The minimum Gasteiger partial charge on any atom is -0.478 e. The fourth-order valence-electron chi connectivity index (χ4n) is 1.94. The van der Waals surface area contributed by atoms with Crippen LogP contribution in [0.4, 0.5) is 17.4 Å². The largest absolute Gasteiger partial charge is 0.478 e. The molecule has 0 bridgehead atoms. The highest BCUT2D eigenvalue weighted by molar-refractivity contribution is 5.88. The summed E-state index contributed by atoms with van der Waals surface area (Å²) in [6, 6.07) is 14.0. The Morgan fingerprint density at radius 2 is 1.77 bits per heavy atom. The number of aromatic carboxylic acids is 1. The molecule has 0 radical (unpaired) electrons. The smallest absolute Gasteiger partial charge is 0.335 e. The molecule has 0 atom stereocenters. The lowest BCUT2D eigenvalue weighted by atomic mass is 10.1. The summed E-state index contributed by atoms with van der Waals surface area (Å²) in [6.45, 7) is 0. The molecule has 0 saturated carbocycles. The van der Waals surface area contributed by atoms with Gasteiger partial charge in [-0.2, -0.15) is 4.98 Å². The minimum atomic E-state index is -0.965. The minimum absolute atomic E-state index is 0.223. The highest BCUT2D eigenvalue weighted by atomic mass is 16.4. The van der Waals surface area contributed by atoms with Gasteiger partial charge in [-0.05, 0) is 36.4 Å². The first-order valence-corrected chi connectivity index (χ1v) is 6.53. The molecule has 0 fully saturated rings. The summed E-state index contributed by atoms with van der Waals surface area (Å²) < 4.78 is 5.36. The fraction of sp³-hybridized carbons (Fsp3) is 0. The van der Waals surface area contributed by atoms with Gasteiger partial charge in [-0.15, -0.1) is 0 Å². The van der Waals surface area contributed by atoms with Gasteiger partial charge in [0, 0.05) is 16.9 Å². The van der Waals surface area contributed by atoms with E-state index in [9.17, 15) is 4.79 Å². The van der Waals surface area contributed by atoms with Crippen LogP contribution in [0.25, 0.3) is 11.3 Å². The molecule has 3 rings (SSSR count). The van der Waals surface area contributed by atoms with E-state index in [0.29, 0.717) is 23.1 Å². The van der Waals surface area contributed by atoms with Crippen molar-refractivity contribution in [1.29, 1.82) is 0 Å². The SMILES string of the molecule is Nc1ccc(-c2coc(Nc3ccc(C(=O)O)cc3)n2)cc1. The van der Waals surface area contributed by atoms with Gasteiger partial charge in [0.2, 0.25) is 0 Å². The second-order valence-electron chi connectivity index (χ2n) is 4.67. The van der Waals surface area contributed by atoms with Crippen LogP contribution in [-0.4, -0.2) is 16.1 Å². The fourth-order valence-corrected chi connectivity index (χ4v) is 1.94. The Morgan fingerprint density at radius 1 is 1.09 bits per heavy atom. The quantitative estimate of drug-likeness (QED) is 0.638. The third kappa shape index (κ3) is 2.90. The number of aromatic nitrogens is 1. The topological polar surface area (TPSA) is 101 Å². The van der Waals surface area contributed by atoms with Gasteiger partial charge in [0.05, 0.1) is 5.56 Å². The van der Waals surface area contributed by atoms with Crippen molar-refractivity contribution in [3.8, 4) is 11.3 Å². The predicted octanol–water partition coefficient (Wildman–Crippen LogP) is 3.37. The molecule has 4 N–H and O–H groups in total. The molecule has 6 nitrogen and oxygen atoms in total. The lowest BCUT2D eigenvalue weighted by Gasteiger charge is -2.01. The summed E-state index contributed by atoms with van der Waals surface area (Å²) in [6.07, 6.45) is 1.54. The van der Waals surface area contributed by atoms with E-state index in [2.05, 4.69) is 10.3 Å². The van der Waals surface area contributed by atoms with Crippen molar-refractivity contribution in [2.45, 2.75) is 0 Å². The van der Waals surface area contributed by atoms with Crippen molar-refractivity contribution in [2.24, 2.45) is 0 Å². The van der Waals surface area contributed by atoms with Gasteiger partial charge in [0.15, 0.2) is 0 Å². The molecule has 3 aromatic rings. The number of carboxylic acid groups (broad SMARTS) is 1. The van der Waals surface area contributed by atoms with Crippen molar-refractivity contribution in [3.63, 3.8) is 0 Å². The number of anilines is 3. The second kappa shape index (κ2) is 5.61. The molecule has 6 heteroatoms. The number of nitrogens with zero attached hydrogens (tertiary/aromatic N) is 1. The van der Waals surface area contributed by atoms with Crippen molar-refractivity contribution in [2.75, 3.05) is 11.1 Å². The van der Waals surface area contributed by atoms with Crippen LogP contribution in [0.5, 0.6) is 0 Å². The van der Waals surface area contributed by atoms with Crippen LogP contribution in [0.3, 0.4) is 0 Å². The van der Waals surface area contributed by atoms with Crippen LogP contribution >= 0.6 is 0 Å². The van der Waals surface area contributed by atoms with Crippen molar-refractivity contribution in [3.05, 3.63) is 60.4 Å². The maximum absolute atomic E-state index is 10.8. The molecule has 0 aliphatic heterocycles. The van der Waals surface area contributed by atoms with Gasteiger partial charge >= 0.3 is 5.97 Å². The first-order valence-electron chi connectivity index (χ1n) is 6.53. The molecular formula is C16H13N3O3. The molecule has 110 valence electrons. The normalized spacial score (nSPS) is 10.4. The predicted molar refractivity (Wildman–Crippen MR) is 83.0 cm³/mol. The van der Waals surface area contributed by atoms with E-state index in [1.165, 1.54) is 12.1 Å². The number of rotatable bonds is 4. The molecule has 0 aliphatic carbocycles. The van der Waals surface area contributed by atoms with E-state index in [1.807, 2.05) is 12.1 Å². The lowest BCUT2D eigenvalue weighted by Crippen LogP contribution is -1.96. The number of oxazole rings is 1. The molecule has 0 saturated heterocycles. The standard InChI is InChI=1S/C16H13N3O3/c17-12-5-1-10(2-6-12)14-9-22-16(19-14)18-13-7-3-11(4-8-13)15(20)21/h1-9H,17H2,(H,18,19)(H,20,21). The van der Waals surface area contributed by atoms with E-state index >= 15 is 0 Å². The third-order valence-corrected chi connectivity index (χ3v) is 3.09. The Hall–Kier alpha value is -3.28. The summed E-state index contributed by atoms with van der Waals surface area (Å²) in [5.74, 6) is -0.965. The molecule has 1 aromatic heterocycles. The molecule has 2 aromatic carbocycles. The van der Waals surface area contributed by atoms with E-state index in [1.54, 1.807) is 30.5 Å². The van der Waals surface area contributed by atoms with E-state index in [-0.39, 0.29) is 5.56 Å². The zero-order chi connectivity index (χ0) is 15.5. The zero-order valence-electron chi connectivity index (χ0n) is 11.5. The third-order valence-electron chi connectivity index (χ3n) is 3.09. The number of hydrogen-bond acceptors (Lipinski definition) is 5. The summed E-state index contributed by atoms with van der Waals surface area (Å²) >= 11 is 0. The van der Waals surface area contributed by atoms with Crippen molar-refractivity contribution >= 4 is 23.4 Å². The molecule has 0 aliphatic rings. The zero-order valence-corrected chi connectivity index (χ0v) is 11.5. The summed E-state index contributed by atoms with van der Waals surface area (Å²) in [7, 11) is 0. The molecule has 22 heavy (non-hydrogen) atoms. The summed E-state index contributed by atoms with van der Waals surface area (Å²) in [5.41, 5.74) is 8.83. The van der Waals surface area contributed by atoms with E-state index in [4.69, 9.17) is 15.3 Å². The molecule has 1 heterocycles. The summed E-state index contributed by atoms with van der Waals surface area (Å²) in [4.78, 5) is 15.1. The maximum Gasteiger partial charge on any atom is 0.335 e. The monoisotopic (exact) mass is 295 g/mol. The number of carbonyl (C=O) groups is 1. The highest BCUT2D eigenvalue weighted by Gasteiger charge is 2.07. The Morgan fingerprint density at radius 3 is 2.41 bits per heavy atom. The first kappa shape index (κ1) is 13.7. The highest BCUT2D eigenvalue weighted by Crippen LogP contribution is 2.23. The van der Waals surface area contributed by atoms with Gasteiger partial charge in [0.1, 0.15) is 12.0 Å².